The van der Waals surface area contributed by atoms with Crippen molar-refractivity contribution in [3.05, 3.63) is 222 Å². The van der Waals surface area contributed by atoms with Crippen LogP contribution in [-0.2, 0) is 5.41 Å². The second-order valence-corrected chi connectivity index (χ2v) is 14.0. The maximum Gasteiger partial charge on any atom is 0.159 e. The first kappa shape index (κ1) is 29.8. The standard InChI is InChI=1S/C51H33NO/c1-2-16-35(17-3-1)51(45-25-11-8-20-40(45)41-21-9-12-26-46(41)51)36-29-31-37(32-30-36)52(47-27-14-24-44-43-23-10-13-28-49(43)53-50(44)47)48-33-34-15-4-5-18-38(34)39-19-6-7-22-42(39)48/h1-33H. The van der Waals surface area contributed by atoms with E-state index in [4.69, 9.17) is 4.42 Å². The molecule has 0 fully saturated rings. The Morgan fingerprint density at radius 2 is 0.943 bits per heavy atom. The summed E-state index contributed by atoms with van der Waals surface area (Å²) in [4.78, 5) is 2.40. The van der Waals surface area contributed by atoms with Gasteiger partial charge in [-0.25, -0.2) is 0 Å². The molecule has 53 heavy (non-hydrogen) atoms. The van der Waals surface area contributed by atoms with E-state index in [1.807, 2.05) is 6.07 Å². The number of anilines is 3. The SMILES string of the molecule is c1ccc(C2(c3ccc(N(c4cc5ccccc5c5ccccc45)c4cccc5c4oc4ccccc45)cc3)c3ccccc3-c3ccccc32)cc1. The van der Waals surface area contributed by atoms with E-state index in [1.54, 1.807) is 0 Å². The van der Waals surface area contributed by atoms with Crippen molar-refractivity contribution in [2.75, 3.05) is 4.90 Å². The highest BCUT2D eigenvalue weighted by atomic mass is 16.3. The molecule has 0 saturated carbocycles. The zero-order chi connectivity index (χ0) is 34.9. The highest BCUT2D eigenvalue weighted by Gasteiger charge is 2.45. The quantitative estimate of drug-likeness (QED) is 0.169. The van der Waals surface area contributed by atoms with Crippen molar-refractivity contribution < 1.29 is 4.42 Å². The van der Waals surface area contributed by atoms with Crippen LogP contribution in [0.15, 0.2) is 205 Å². The molecular formula is C51H33NO. The van der Waals surface area contributed by atoms with Gasteiger partial charge in [0.25, 0.3) is 0 Å². The summed E-state index contributed by atoms with van der Waals surface area (Å²) in [6, 6.07) is 72.8. The van der Waals surface area contributed by atoms with Crippen LogP contribution in [0.5, 0.6) is 0 Å². The topological polar surface area (TPSA) is 16.4 Å². The highest BCUT2D eigenvalue weighted by Crippen LogP contribution is 2.56. The largest absolute Gasteiger partial charge is 0.454 e. The summed E-state index contributed by atoms with van der Waals surface area (Å²) in [5.74, 6) is 0. The zero-order valence-electron chi connectivity index (χ0n) is 28.9. The van der Waals surface area contributed by atoms with E-state index in [2.05, 4.69) is 199 Å². The molecule has 2 nitrogen and oxygen atoms in total. The molecule has 1 aliphatic rings. The lowest BCUT2D eigenvalue weighted by Gasteiger charge is -2.34. The van der Waals surface area contributed by atoms with E-state index in [1.165, 1.54) is 54.9 Å². The predicted molar refractivity (Wildman–Crippen MR) is 221 cm³/mol. The molecule has 9 aromatic carbocycles. The number of hydrogen-bond acceptors (Lipinski definition) is 2. The summed E-state index contributed by atoms with van der Waals surface area (Å²) in [6.07, 6.45) is 0. The Bertz CT molecular complexity index is 2960. The van der Waals surface area contributed by atoms with Gasteiger partial charge in [-0.3, -0.25) is 0 Å². The lowest BCUT2D eigenvalue weighted by atomic mass is 9.68. The van der Waals surface area contributed by atoms with Gasteiger partial charge in [0.2, 0.25) is 0 Å². The minimum atomic E-state index is -0.466. The van der Waals surface area contributed by atoms with Crippen LogP contribution < -0.4 is 4.90 Å². The lowest BCUT2D eigenvalue weighted by Crippen LogP contribution is -2.28. The summed E-state index contributed by atoms with van der Waals surface area (Å²) in [5, 5.41) is 7.07. The third-order valence-electron chi connectivity index (χ3n) is 11.3. The smallest absolute Gasteiger partial charge is 0.159 e. The molecular weight excluding hydrogens is 643 g/mol. The van der Waals surface area contributed by atoms with Crippen molar-refractivity contribution in [2.24, 2.45) is 0 Å². The molecule has 0 atom stereocenters. The van der Waals surface area contributed by atoms with E-state index in [9.17, 15) is 0 Å². The first-order valence-electron chi connectivity index (χ1n) is 18.3. The molecule has 0 radical (unpaired) electrons. The lowest BCUT2D eigenvalue weighted by molar-refractivity contribution is 0.669. The van der Waals surface area contributed by atoms with E-state index >= 15 is 0 Å². The molecule has 248 valence electrons. The third kappa shape index (κ3) is 4.27. The van der Waals surface area contributed by atoms with Crippen LogP contribution in [-0.4, -0.2) is 0 Å². The number of furan rings is 1. The monoisotopic (exact) mass is 675 g/mol. The fourth-order valence-corrected chi connectivity index (χ4v) is 9.11. The fourth-order valence-electron chi connectivity index (χ4n) is 9.11. The Balaban J connectivity index is 1.19. The zero-order valence-corrected chi connectivity index (χ0v) is 28.9. The molecule has 1 heterocycles. The van der Waals surface area contributed by atoms with E-state index in [0.29, 0.717) is 0 Å². The highest BCUT2D eigenvalue weighted by molar-refractivity contribution is 6.16. The van der Waals surface area contributed by atoms with Crippen LogP contribution in [0.4, 0.5) is 17.1 Å². The summed E-state index contributed by atoms with van der Waals surface area (Å²) < 4.78 is 6.72. The van der Waals surface area contributed by atoms with Crippen molar-refractivity contribution in [1.29, 1.82) is 0 Å². The molecule has 2 heteroatoms. The molecule has 0 aliphatic heterocycles. The minimum absolute atomic E-state index is 0.466. The van der Waals surface area contributed by atoms with Gasteiger partial charge in [-0.05, 0) is 79.9 Å². The first-order valence-corrected chi connectivity index (χ1v) is 18.3. The average molecular weight is 676 g/mol. The van der Waals surface area contributed by atoms with Crippen LogP contribution in [0.1, 0.15) is 22.3 Å². The second-order valence-electron chi connectivity index (χ2n) is 14.0. The Morgan fingerprint density at radius 1 is 0.377 bits per heavy atom. The summed E-state index contributed by atoms with van der Waals surface area (Å²) in [6.45, 7) is 0. The molecule has 1 aromatic heterocycles. The van der Waals surface area contributed by atoms with Gasteiger partial charge >= 0.3 is 0 Å². The number of benzene rings is 9. The van der Waals surface area contributed by atoms with Crippen LogP contribution in [0.25, 0.3) is 54.6 Å². The van der Waals surface area contributed by atoms with Crippen molar-refractivity contribution in [2.45, 2.75) is 5.41 Å². The summed E-state index contributed by atoms with van der Waals surface area (Å²) in [5.41, 5.74) is 12.1. The van der Waals surface area contributed by atoms with Gasteiger partial charge in [0.15, 0.2) is 5.58 Å². The van der Waals surface area contributed by atoms with Crippen molar-refractivity contribution >= 4 is 60.5 Å². The minimum Gasteiger partial charge on any atom is -0.454 e. The van der Waals surface area contributed by atoms with Gasteiger partial charge < -0.3 is 9.32 Å². The number of para-hydroxylation sites is 2. The van der Waals surface area contributed by atoms with E-state index in [0.717, 1.165) is 39.0 Å². The van der Waals surface area contributed by atoms with Crippen molar-refractivity contribution in [3.8, 4) is 11.1 Å². The molecule has 0 amide bonds. The summed E-state index contributed by atoms with van der Waals surface area (Å²) >= 11 is 0. The number of fused-ring (bicyclic) bond motifs is 9. The first-order chi connectivity index (χ1) is 26.3. The molecule has 10 aromatic rings. The third-order valence-corrected chi connectivity index (χ3v) is 11.3. The molecule has 0 spiro atoms. The fraction of sp³-hybridized carbons (Fsp3) is 0.0196. The van der Waals surface area contributed by atoms with Crippen molar-refractivity contribution in [3.63, 3.8) is 0 Å². The summed E-state index contributed by atoms with van der Waals surface area (Å²) in [7, 11) is 0. The number of rotatable bonds is 5. The van der Waals surface area contributed by atoms with Gasteiger partial charge in [0.05, 0.1) is 16.8 Å². The van der Waals surface area contributed by atoms with Crippen molar-refractivity contribution in [1.82, 2.24) is 0 Å². The Hall–Kier alpha value is -6.90. The average Bonchev–Trinajstić information content (AvgIpc) is 3.76. The Labute approximate surface area is 307 Å². The molecule has 1 aliphatic carbocycles. The Kier molecular flexibility index (Phi) is 6.50. The van der Waals surface area contributed by atoms with E-state index < -0.39 is 5.41 Å². The maximum atomic E-state index is 6.72. The van der Waals surface area contributed by atoms with Crippen LogP contribution in [0.2, 0.25) is 0 Å². The molecule has 0 saturated heterocycles. The van der Waals surface area contributed by atoms with E-state index in [-0.39, 0.29) is 0 Å². The van der Waals surface area contributed by atoms with Gasteiger partial charge in [-0.2, -0.15) is 0 Å². The van der Waals surface area contributed by atoms with Crippen LogP contribution in [0.3, 0.4) is 0 Å². The molecule has 0 unspecified atom stereocenters. The van der Waals surface area contributed by atoms with Crippen LogP contribution >= 0.6 is 0 Å². The predicted octanol–water partition coefficient (Wildman–Crippen LogP) is 13.7. The number of nitrogens with zero attached hydrogens (tertiary/aromatic N) is 1. The molecule has 11 rings (SSSR count). The second kappa shape index (κ2) is 11.6. The molecule has 0 N–H and O–H groups in total. The molecule has 0 bridgehead atoms. The number of hydrogen-bond donors (Lipinski definition) is 0. The van der Waals surface area contributed by atoms with Gasteiger partial charge in [-0.15, -0.1) is 0 Å². The van der Waals surface area contributed by atoms with Gasteiger partial charge in [0, 0.05) is 21.8 Å². The maximum absolute atomic E-state index is 6.72. The van der Waals surface area contributed by atoms with Gasteiger partial charge in [0.1, 0.15) is 5.58 Å². The normalized spacial score (nSPS) is 13.1. The van der Waals surface area contributed by atoms with Gasteiger partial charge in [-0.1, -0.05) is 170 Å². The van der Waals surface area contributed by atoms with Crippen LogP contribution in [0, 0.1) is 0 Å². The Morgan fingerprint density at radius 3 is 1.70 bits per heavy atom.